The van der Waals surface area contributed by atoms with Gasteiger partial charge < -0.3 is 15.2 Å². The zero-order valence-corrected chi connectivity index (χ0v) is 12.2. The molecule has 0 aliphatic rings. The Bertz CT molecular complexity index is 608. The number of aliphatic hydroxyl groups is 1. The molecule has 0 saturated heterocycles. The van der Waals surface area contributed by atoms with Gasteiger partial charge in [-0.2, -0.15) is 0 Å². The van der Waals surface area contributed by atoms with E-state index in [1.54, 1.807) is 7.11 Å². The van der Waals surface area contributed by atoms with Crippen LogP contribution in [0.2, 0.25) is 0 Å². The Morgan fingerprint density at radius 2 is 1.90 bits per heavy atom. The lowest BCUT2D eigenvalue weighted by atomic mass is 10.00. The van der Waals surface area contributed by atoms with Crippen LogP contribution in [0.4, 0.5) is 0 Å². The number of hydrogen-bond acceptors (Lipinski definition) is 3. The van der Waals surface area contributed by atoms with Gasteiger partial charge in [0.2, 0.25) is 5.91 Å². The summed E-state index contributed by atoms with van der Waals surface area (Å²) in [5, 5.41) is 13.1. The van der Waals surface area contributed by atoms with E-state index in [0.717, 1.165) is 16.7 Å². The van der Waals surface area contributed by atoms with Gasteiger partial charge in [0.1, 0.15) is 11.9 Å². The number of carbonyl (C=O) groups is 1. The van der Waals surface area contributed by atoms with Gasteiger partial charge in [-0.25, -0.2) is 0 Å². The van der Waals surface area contributed by atoms with Crippen molar-refractivity contribution in [2.75, 3.05) is 7.11 Å². The van der Waals surface area contributed by atoms with E-state index >= 15 is 0 Å². The molecule has 0 saturated carbocycles. The number of aliphatic hydroxyl groups excluding tert-OH is 1. The van der Waals surface area contributed by atoms with Gasteiger partial charge in [-0.1, -0.05) is 36.4 Å². The Labute approximate surface area is 124 Å². The highest BCUT2D eigenvalue weighted by Gasteiger charge is 2.11. The zero-order chi connectivity index (χ0) is 15.2. The molecule has 4 nitrogen and oxygen atoms in total. The third-order valence-electron chi connectivity index (χ3n) is 3.25. The van der Waals surface area contributed by atoms with Gasteiger partial charge in [0.25, 0.3) is 0 Å². The van der Waals surface area contributed by atoms with Crippen molar-refractivity contribution in [2.24, 2.45) is 0 Å². The highest BCUT2D eigenvalue weighted by Crippen LogP contribution is 2.25. The lowest BCUT2D eigenvalue weighted by molar-refractivity contribution is -0.119. The molecule has 110 valence electrons. The van der Waals surface area contributed by atoms with Crippen LogP contribution in [0.25, 0.3) is 0 Å². The molecule has 0 aliphatic carbocycles. The summed E-state index contributed by atoms with van der Waals surface area (Å²) >= 11 is 0. The molecule has 2 rings (SSSR count). The maximum atomic E-state index is 10.9. The first-order chi connectivity index (χ1) is 10.1. The summed E-state index contributed by atoms with van der Waals surface area (Å²) in [5.74, 6) is 0.657. The highest BCUT2D eigenvalue weighted by atomic mass is 16.5. The molecule has 21 heavy (non-hydrogen) atoms. The average molecular weight is 285 g/mol. The zero-order valence-electron chi connectivity index (χ0n) is 12.2. The van der Waals surface area contributed by atoms with Gasteiger partial charge in [-0.3, -0.25) is 4.79 Å². The van der Waals surface area contributed by atoms with Crippen molar-refractivity contribution in [3.63, 3.8) is 0 Å². The van der Waals surface area contributed by atoms with Crippen molar-refractivity contribution in [2.45, 2.75) is 19.6 Å². The van der Waals surface area contributed by atoms with E-state index < -0.39 is 6.10 Å². The fourth-order valence-corrected chi connectivity index (χ4v) is 2.05. The average Bonchev–Trinajstić information content (AvgIpc) is 2.52. The minimum absolute atomic E-state index is 0.0597. The second-order valence-corrected chi connectivity index (χ2v) is 4.83. The molecular formula is C17H19NO3. The number of benzene rings is 2. The molecule has 0 aliphatic heterocycles. The molecule has 1 amide bonds. The van der Waals surface area contributed by atoms with E-state index in [-0.39, 0.29) is 5.91 Å². The summed E-state index contributed by atoms with van der Waals surface area (Å²) in [6.45, 7) is 1.98. The summed E-state index contributed by atoms with van der Waals surface area (Å²) in [6, 6.07) is 14.9. The van der Waals surface area contributed by atoms with Crippen LogP contribution in [0.5, 0.6) is 5.75 Å². The van der Waals surface area contributed by atoms with E-state index in [1.165, 1.54) is 6.92 Å². The molecule has 0 bridgehead atoms. The Morgan fingerprint density at radius 3 is 2.52 bits per heavy atom. The lowest BCUT2D eigenvalue weighted by Gasteiger charge is -2.13. The Kier molecular flexibility index (Phi) is 4.95. The van der Waals surface area contributed by atoms with Crippen LogP contribution in [0.15, 0.2) is 48.5 Å². The smallest absolute Gasteiger partial charge is 0.217 e. The summed E-state index contributed by atoms with van der Waals surface area (Å²) in [7, 11) is 1.60. The van der Waals surface area contributed by atoms with Crippen molar-refractivity contribution < 1.29 is 14.6 Å². The van der Waals surface area contributed by atoms with E-state index in [4.69, 9.17) is 4.74 Å². The predicted molar refractivity (Wildman–Crippen MR) is 81.0 cm³/mol. The van der Waals surface area contributed by atoms with Crippen LogP contribution in [0.1, 0.15) is 29.7 Å². The number of hydrogen-bond donors (Lipinski definition) is 2. The van der Waals surface area contributed by atoms with Gasteiger partial charge >= 0.3 is 0 Å². The fraction of sp³-hybridized carbons (Fsp3) is 0.235. The highest BCUT2D eigenvalue weighted by molar-refractivity contribution is 5.72. The second-order valence-electron chi connectivity index (χ2n) is 4.83. The van der Waals surface area contributed by atoms with Crippen molar-refractivity contribution in [1.82, 2.24) is 5.32 Å². The second kappa shape index (κ2) is 6.90. The Hall–Kier alpha value is -2.33. The molecule has 1 atom stereocenters. The molecule has 1 unspecified atom stereocenters. The largest absolute Gasteiger partial charge is 0.497 e. The first-order valence-electron chi connectivity index (χ1n) is 6.75. The van der Waals surface area contributed by atoms with Gasteiger partial charge in [-0.05, 0) is 28.8 Å². The Balaban J connectivity index is 2.11. The minimum Gasteiger partial charge on any atom is -0.497 e. The molecule has 0 radical (unpaired) electrons. The van der Waals surface area contributed by atoms with Crippen LogP contribution in [-0.4, -0.2) is 18.1 Å². The maximum Gasteiger partial charge on any atom is 0.217 e. The molecule has 0 spiro atoms. The van der Waals surface area contributed by atoms with Crippen molar-refractivity contribution in [3.8, 4) is 5.75 Å². The topological polar surface area (TPSA) is 58.6 Å². The summed E-state index contributed by atoms with van der Waals surface area (Å²) in [6.07, 6.45) is -0.699. The molecule has 2 aromatic carbocycles. The summed E-state index contributed by atoms with van der Waals surface area (Å²) < 4.78 is 5.16. The monoisotopic (exact) mass is 285 g/mol. The van der Waals surface area contributed by atoms with Crippen LogP contribution in [-0.2, 0) is 11.3 Å². The van der Waals surface area contributed by atoms with Gasteiger partial charge in [0.05, 0.1) is 7.11 Å². The first-order valence-corrected chi connectivity index (χ1v) is 6.75. The van der Waals surface area contributed by atoms with E-state index in [1.807, 2.05) is 48.5 Å². The number of methoxy groups -OCH3 is 1. The van der Waals surface area contributed by atoms with Crippen LogP contribution >= 0.6 is 0 Å². The SMILES string of the molecule is COc1cccc(C(O)c2ccc(CNC(C)=O)cc2)c1. The van der Waals surface area contributed by atoms with Crippen molar-refractivity contribution in [1.29, 1.82) is 0 Å². The minimum atomic E-state index is -0.699. The molecule has 0 heterocycles. The standard InChI is InChI=1S/C17H19NO3/c1-12(19)18-11-13-6-8-14(9-7-13)17(20)15-4-3-5-16(10-15)21-2/h3-10,17,20H,11H2,1-2H3,(H,18,19). The van der Waals surface area contributed by atoms with Crippen LogP contribution < -0.4 is 10.1 Å². The Morgan fingerprint density at radius 1 is 1.19 bits per heavy atom. The molecule has 2 N–H and O–H groups in total. The van der Waals surface area contributed by atoms with Crippen molar-refractivity contribution >= 4 is 5.91 Å². The first kappa shape index (κ1) is 15.1. The van der Waals surface area contributed by atoms with Gasteiger partial charge in [0.15, 0.2) is 0 Å². The number of nitrogens with one attached hydrogen (secondary N) is 1. The summed E-state index contributed by atoms with van der Waals surface area (Å²) in [4.78, 5) is 10.9. The number of rotatable bonds is 5. The molecule has 2 aromatic rings. The van der Waals surface area contributed by atoms with E-state index in [0.29, 0.717) is 12.3 Å². The van der Waals surface area contributed by atoms with Gasteiger partial charge in [-0.15, -0.1) is 0 Å². The lowest BCUT2D eigenvalue weighted by Crippen LogP contribution is -2.18. The van der Waals surface area contributed by atoms with Gasteiger partial charge in [0, 0.05) is 13.5 Å². The van der Waals surface area contributed by atoms with Crippen LogP contribution in [0.3, 0.4) is 0 Å². The number of ether oxygens (including phenoxy) is 1. The number of carbonyl (C=O) groups excluding carboxylic acids is 1. The normalized spacial score (nSPS) is 11.8. The summed E-state index contributed by atoms with van der Waals surface area (Å²) in [5.41, 5.74) is 2.57. The number of amides is 1. The molecular weight excluding hydrogens is 266 g/mol. The fourth-order valence-electron chi connectivity index (χ4n) is 2.05. The van der Waals surface area contributed by atoms with E-state index in [2.05, 4.69) is 5.32 Å². The molecule has 0 fully saturated rings. The third kappa shape index (κ3) is 4.07. The molecule has 4 heteroatoms. The van der Waals surface area contributed by atoms with Crippen molar-refractivity contribution in [3.05, 3.63) is 65.2 Å². The quantitative estimate of drug-likeness (QED) is 0.887. The van der Waals surface area contributed by atoms with Crippen LogP contribution in [0, 0.1) is 0 Å². The predicted octanol–water partition coefficient (Wildman–Crippen LogP) is 2.41. The maximum absolute atomic E-state index is 10.9. The third-order valence-corrected chi connectivity index (χ3v) is 3.25. The molecule has 0 aromatic heterocycles. The van der Waals surface area contributed by atoms with E-state index in [9.17, 15) is 9.90 Å².